The highest BCUT2D eigenvalue weighted by Crippen LogP contribution is 2.19. The van der Waals surface area contributed by atoms with Gasteiger partial charge in [0.1, 0.15) is 5.65 Å². The zero-order valence-electron chi connectivity index (χ0n) is 18.8. The molecule has 1 aliphatic heterocycles. The number of carbonyl (C=O) groups excluding carboxylic acids is 1. The van der Waals surface area contributed by atoms with Crippen LogP contribution in [0, 0.1) is 0 Å². The van der Waals surface area contributed by atoms with Crippen LogP contribution in [0.5, 0.6) is 0 Å². The monoisotopic (exact) mass is 476 g/mol. The first-order chi connectivity index (χ1) is 16.6. The average Bonchev–Trinajstić information content (AvgIpc) is 2.87. The van der Waals surface area contributed by atoms with Crippen LogP contribution in [0.15, 0.2) is 71.7 Å². The first kappa shape index (κ1) is 22.4. The first-order valence-electron chi connectivity index (χ1n) is 11.6. The van der Waals surface area contributed by atoms with E-state index in [9.17, 15) is 9.59 Å². The Morgan fingerprint density at radius 1 is 1.06 bits per heavy atom. The number of anilines is 1. The average molecular weight is 477 g/mol. The minimum absolute atomic E-state index is 0.171. The van der Waals surface area contributed by atoms with E-state index in [-0.39, 0.29) is 11.5 Å². The molecule has 0 spiro atoms. The van der Waals surface area contributed by atoms with E-state index >= 15 is 0 Å². The van der Waals surface area contributed by atoms with E-state index in [0.29, 0.717) is 28.7 Å². The molecule has 174 valence electrons. The van der Waals surface area contributed by atoms with Crippen LogP contribution in [0.1, 0.15) is 16.8 Å². The topological polar surface area (TPSA) is 71.2 Å². The molecular formula is C26H27ClN5O2+. The zero-order chi connectivity index (χ0) is 23.5. The number of piperazine rings is 1. The molecule has 1 aliphatic rings. The van der Waals surface area contributed by atoms with Crippen molar-refractivity contribution in [3.63, 3.8) is 0 Å². The van der Waals surface area contributed by atoms with Gasteiger partial charge >= 0.3 is 0 Å². The Balaban J connectivity index is 1.13. The number of nitrogens with zero attached hydrogens (tertiary/aromatic N) is 3. The van der Waals surface area contributed by atoms with Crippen LogP contribution >= 0.6 is 11.6 Å². The van der Waals surface area contributed by atoms with Gasteiger partial charge in [0.25, 0.3) is 11.5 Å². The predicted molar refractivity (Wildman–Crippen MR) is 135 cm³/mol. The molecule has 8 heteroatoms. The number of pyridine rings is 1. The van der Waals surface area contributed by atoms with Crippen molar-refractivity contribution in [3.05, 3.63) is 87.8 Å². The Morgan fingerprint density at radius 2 is 1.88 bits per heavy atom. The van der Waals surface area contributed by atoms with Gasteiger partial charge < -0.3 is 15.1 Å². The fourth-order valence-corrected chi connectivity index (χ4v) is 4.72. The second kappa shape index (κ2) is 9.83. The Labute approximate surface area is 202 Å². The smallest absolute Gasteiger partial charge is 0.265 e. The second-order valence-electron chi connectivity index (χ2n) is 8.66. The number of benzene rings is 2. The fourth-order valence-electron chi connectivity index (χ4n) is 4.53. The molecule has 1 saturated heterocycles. The molecular weight excluding hydrogens is 450 g/mol. The SMILES string of the molecule is O=C(NCCC[NH+]1CCN(c2cccc(Cl)c2)CC1)c1ccc2nc3ccccc3c(=O)n2c1. The van der Waals surface area contributed by atoms with Crippen LogP contribution < -0.4 is 20.7 Å². The number of aromatic nitrogens is 2. The quantitative estimate of drug-likeness (QED) is 0.330. The Bertz CT molecular complexity index is 1400. The van der Waals surface area contributed by atoms with Gasteiger partial charge in [-0.15, -0.1) is 0 Å². The van der Waals surface area contributed by atoms with Gasteiger partial charge in [0, 0.05) is 29.9 Å². The number of para-hydroxylation sites is 1. The maximum absolute atomic E-state index is 12.8. The van der Waals surface area contributed by atoms with Gasteiger partial charge in [-0.2, -0.15) is 0 Å². The van der Waals surface area contributed by atoms with Crippen molar-refractivity contribution >= 4 is 39.7 Å². The van der Waals surface area contributed by atoms with Crippen molar-refractivity contribution in [2.24, 2.45) is 0 Å². The van der Waals surface area contributed by atoms with Crippen LogP contribution in [0.4, 0.5) is 5.69 Å². The van der Waals surface area contributed by atoms with Crippen molar-refractivity contribution in [1.82, 2.24) is 14.7 Å². The lowest BCUT2D eigenvalue weighted by molar-refractivity contribution is -0.900. The largest absolute Gasteiger partial charge is 0.360 e. The summed E-state index contributed by atoms with van der Waals surface area (Å²) in [6.45, 7) is 5.73. The number of carbonyl (C=O) groups is 1. The Morgan fingerprint density at radius 3 is 2.71 bits per heavy atom. The maximum Gasteiger partial charge on any atom is 0.265 e. The molecule has 2 aromatic carbocycles. The molecule has 0 unspecified atom stereocenters. The van der Waals surface area contributed by atoms with Gasteiger partial charge in [-0.1, -0.05) is 29.8 Å². The van der Waals surface area contributed by atoms with Crippen LogP contribution in [-0.4, -0.2) is 54.6 Å². The lowest BCUT2D eigenvalue weighted by Crippen LogP contribution is -3.15. The number of hydrogen-bond donors (Lipinski definition) is 2. The molecule has 3 heterocycles. The lowest BCUT2D eigenvalue weighted by Gasteiger charge is -2.33. The summed E-state index contributed by atoms with van der Waals surface area (Å²) < 4.78 is 1.45. The third-order valence-corrected chi connectivity index (χ3v) is 6.65. The van der Waals surface area contributed by atoms with Crippen molar-refractivity contribution in [2.45, 2.75) is 6.42 Å². The normalized spacial score (nSPS) is 14.6. The van der Waals surface area contributed by atoms with Gasteiger partial charge in [0.05, 0.1) is 49.2 Å². The second-order valence-corrected chi connectivity index (χ2v) is 9.09. The molecule has 0 radical (unpaired) electrons. The number of nitrogens with one attached hydrogen (secondary N) is 2. The highest BCUT2D eigenvalue weighted by Gasteiger charge is 2.20. The van der Waals surface area contributed by atoms with E-state index < -0.39 is 0 Å². The number of fused-ring (bicyclic) bond motifs is 2. The number of halogens is 1. The molecule has 0 bridgehead atoms. The summed E-state index contributed by atoms with van der Waals surface area (Å²) in [4.78, 5) is 33.9. The van der Waals surface area contributed by atoms with Crippen molar-refractivity contribution in [2.75, 3.05) is 44.2 Å². The third-order valence-electron chi connectivity index (χ3n) is 6.41. The Hall–Kier alpha value is -3.42. The van der Waals surface area contributed by atoms with E-state index in [1.165, 1.54) is 10.1 Å². The molecule has 2 N–H and O–H groups in total. The number of amides is 1. The van der Waals surface area contributed by atoms with Crippen LogP contribution in [0.25, 0.3) is 16.6 Å². The zero-order valence-corrected chi connectivity index (χ0v) is 19.6. The Kier molecular flexibility index (Phi) is 6.47. The lowest BCUT2D eigenvalue weighted by atomic mass is 10.2. The van der Waals surface area contributed by atoms with E-state index in [1.807, 2.05) is 36.4 Å². The predicted octanol–water partition coefficient (Wildman–Crippen LogP) is 2.03. The number of quaternary nitrogens is 1. The van der Waals surface area contributed by atoms with E-state index in [2.05, 4.69) is 21.3 Å². The van der Waals surface area contributed by atoms with E-state index in [1.54, 1.807) is 29.3 Å². The van der Waals surface area contributed by atoms with E-state index in [4.69, 9.17) is 11.6 Å². The van der Waals surface area contributed by atoms with Crippen LogP contribution in [-0.2, 0) is 0 Å². The van der Waals surface area contributed by atoms with Gasteiger partial charge in [-0.25, -0.2) is 4.98 Å². The van der Waals surface area contributed by atoms with Crippen molar-refractivity contribution in [1.29, 1.82) is 0 Å². The third kappa shape index (κ3) is 4.76. The van der Waals surface area contributed by atoms with Gasteiger partial charge in [0.15, 0.2) is 0 Å². The summed E-state index contributed by atoms with van der Waals surface area (Å²) in [6, 6.07) is 18.7. The van der Waals surface area contributed by atoms with Crippen LogP contribution in [0.3, 0.4) is 0 Å². The summed E-state index contributed by atoms with van der Waals surface area (Å²) in [5.74, 6) is -0.178. The summed E-state index contributed by atoms with van der Waals surface area (Å²) in [5.41, 5.74) is 2.64. The minimum atomic E-state index is -0.178. The molecule has 34 heavy (non-hydrogen) atoms. The summed E-state index contributed by atoms with van der Waals surface area (Å²) in [7, 11) is 0. The van der Waals surface area contributed by atoms with Crippen molar-refractivity contribution < 1.29 is 9.69 Å². The molecule has 0 atom stereocenters. The highest BCUT2D eigenvalue weighted by atomic mass is 35.5. The molecule has 4 aromatic rings. The summed E-state index contributed by atoms with van der Waals surface area (Å²) >= 11 is 6.12. The maximum atomic E-state index is 12.8. The molecule has 7 nitrogen and oxygen atoms in total. The summed E-state index contributed by atoms with van der Waals surface area (Å²) in [5, 5.41) is 4.29. The standard InChI is InChI=1S/C26H26ClN5O2/c27-20-5-3-6-21(17-20)31-15-13-30(14-16-31)12-4-11-28-25(33)19-9-10-24-29-23-8-2-1-7-22(23)26(34)32(24)18-19/h1-3,5-10,17-18H,4,11-16H2,(H,28,33)/p+1. The number of rotatable bonds is 6. The molecule has 1 fully saturated rings. The van der Waals surface area contributed by atoms with Crippen LogP contribution in [0.2, 0.25) is 5.02 Å². The first-order valence-corrected chi connectivity index (χ1v) is 12.0. The molecule has 0 aliphatic carbocycles. The van der Waals surface area contributed by atoms with E-state index in [0.717, 1.165) is 44.2 Å². The minimum Gasteiger partial charge on any atom is -0.360 e. The summed E-state index contributed by atoms with van der Waals surface area (Å²) in [6.07, 6.45) is 2.48. The van der Waals surface area contributed by atoms with Gasteiger partial charge in [-0.05, 0) is 42.5 Å². The molecule has 2 aromatic heterocycles. The number of hydrogen-bond acceptors (Lipinski definition) is 4. The fraction of sp³-hybridized carbons (Fsp3) is 0.269. The van der Waals surface area contributed by atoms with Crippen molar-refractivity contribution in [3.8, 4) is 0 Å². The molecule has 0 saturated carbocycles. The molecule has 1 amide bonds. The highest BCUT2D eigenvalue weighted by molar-refractivity contribution is 6.30. The van der Waals surface area contributed by atoms with Gasteiger partial charge in [0.2, 0.25) is 0 Å². The molecule has 5 rings (SSSR count). The van der Waals surface area contributed by atoms with Gasteiger partial charge in [-0.3, -0.25) is 14.0 Å².